The first-order chi connectivity index (χ1) is 12.7. The fraction of sp³-hybridized carbons (Fsp3) is 0.158. The number of carbonyl (C=O) groups excluding carboxylic acids is 1. The summed E-state index contributed by atoms with van der Waals surface area (Å²) in [5.74, 6) is 0.183. The number of nitrogens with one attached hydrogen (secondary N) is 1. The largest absolute Gasteiger partial charge is 0.492 e. The van der Waals surface area contributed by atoms with Crippen molar-refractivity contribution in [2.24, 2.45) is 0 Å². The Labute approximate surface area is 150 Å². The molecule has 3 rings (SSSR count). The van der Waals surface area contributed by atoms with Gasteiger partial charge in [0.15, 0.2) is 0 Å². The Hall–Kier alpha value is -3.48. The van der Waals surface area contributed by atoms with Crippen molar-refractivity contribution in [2.45, 2.75) is 13.5 Å². The zero-order valence-electron chi connectivity index (χ0n) is 14.3. The molecule has 0 atom stereocenters. The summed E-state index contributed by atoms with van der Waals surface area (Å²) in [6.07, 6.45) is 1.47. The van der Waals surface area contributed by atoms with Gasteiger partial charge in [0.25, 0.3) is 0 Å². The van der Waals surface area contributed by atoms with Gasteiger partial charge < -0.3 is 10.1 Å². The van der Waals surface area contributed by atoms with Gasteiger partial charge in [-0.2, -0.15) is 10.1 Å². The molecule has 0 saturated heterocycles. The van der Waals surface area contributed by atoms with Gasteiger partial charge in [-0.15, -0.1) is 0 Å². The first kappa shape index (κ1) is 17.3. The van der Waals surface area contributed by atoms with Crippen LogP contribution in [0.15, 0.2) is 65.6 Å². The van der Waals surface area contributed by atoms with Crippen LogP contribution in [0, 0.1) is 0 Å². The molecule has 1 aromatic heterocycles. The molecule has 0 saturated carbocycles. The molecule has 0 spiro atoms. The summed E-state index contributed by atoms with van der Waals surface area (Å²) in [5.41, 5.74) is 1.22. The van der Waals surface area contributed by atoms with Gasteiger partial charge in [-0.05, 0) is 19.1 Å². The highest BCUT2D eigenvalue weighted by molar-refractivity contribution is 5.92. The van der Waals surface area contributed by atoms with Gasteiger partial charge >= 0.3 is 5.69 Å². The van der Waals surface area contributed by atoms with Crippen molar-refractivity contribution in [3.63, 3.8) is 0 Å². The molecule has 7 nitrogen and oxygen atoms in total. The zero-order chi connectivity index (χ0) is 18.4. The standard InChI is InChI=1S/C19H18N4O3/c1-2-26-17-11-7-6-10-15(17)21-18(24)13-23-19(25)22-16(12-20-23)14-8-4-3-5-9-14/h3-12H,2,13H2,1H3,(H,21,24). The number of para-hydroxylation sites is 2. The molecule has 0 bridgehead atoms. The maximum atomic E-state index is 12.3. The van der Waals surface area contributed by atoms with E-state index in [0.29, 0.717) is 23.7 Å². The van der Waals surface area contributed by atoms with Gasteiger partial charge in [0.1, 0.15) is 12.3 Å². The van der Waals surface area contributed by atoms with Gasteiger partial charge in [-0.1, -0.05) is 42.5 Å². The van der Waals surface area contributed by atoms with Crippen LogP contribution in [-0.2, 0) is 11.3 Å². The SMILES string of the molecule is CCOc1ccccc1NC(=O)Cn1ncc(-c2ccccc2)nc1=O. The van der Waals surface area contributed by atoms with Crippen LogP contribution in [0.3, 0.4) is 0 Å². The second kappa shape index (κ2) is 8.06. The van der Waals surface area contributed by atoms with Gasteiger partial charge in [0.2, 0.25) is 5.91 Å². The third kappa shape index (κ3) is 4.13. The van der Waals surface area contributed by atoms with Crippen molar-refractivity contribution in [3.8, 4) is 17.0 Å². The van der Waals surface area contributed by atoms with Crippen LogP contribution in [-0.4, -0.2) is 27.3 Å². The molecular formula is C19H18N4O3. The van der Waals surface area contributed by atoms with Crippen molar-refractivity contribution in [1.82, 2.24) is 14.8 Å². The van der Waals surface area contributed by atoms with E-state index >= 15 is 0 Å². The molecule has 0 aliphatic heterocycles. The summed E-state index contributed by atoms with van der Waals surface area (Å²) >= 11 is 0. The van der Waals surface area contributed by atoms with E-state index in [2.05, 4.69) is 15.4 Å². The average Bonchev–Trinajstić information content (AvgIpc) is 2.66. The highest BCUT2D eigenvalue weighted by Crippen LogP contribution is 2.23. The maximum absolute atomic E-state index is 12.3. The Morgan fingerprint density at radius 1 is 1.12 bits per heavy atom. The molecular weight excluding hydrogens is 332 g/mol. The van der Waals surface area contributed by atoms with E-state index in [0.717, 1.165) is 10.2 Å². The average molecular weight is 350 g/mol. The second-order valence-electron chi connectivity index (χ2n) is 5.43. The van der Waals surface area contributed by atoms with Gasteiger partial charge in [0, 0.05) is 5.56 Å². The molecule has 132 valence electrons. The molecule has 3 aromatic rings. The predicted molar refractivity (Wildman–Crippen MR) is 98.0 cm³/mol. The minimum atomic E-state index is -0.584. The zero-order valence-corrected chi connectivity index (χ0v) is 14.3. The Morgan fingerprint density at radius 2 is 1.85 bits per heavy atom. The van der Waals surface area contributed by atoms with Crippen LogP contribution in [0.1, 0.15) is 6.92 Å². The number of ether oxygens (including phenoxy) is 1. The smallest absolute Gasteiger partial charge is 0.365 e. The van der Waals surface area contributed by atoms with Crippen molar-refractivity contribution in [2.75, 3.05) is 11.9 Å². The monoisotopic (exact) mass is 350 g/mol. The number of benzene rings is 2. The molecule has 0 aliphatic carbocycles. The Balaban J connectivity index is 1.73. The lowest BCUT2D eigenvalue weighted by Crippen LogP contribution is -2.31. The van der Waals surface area contributed by atoms with Crippen molar-refractivity contribution < 1.29 is 9.53 Å². The molecule has 1 N–H and O–H groups in total. The first-order valence-electron chi connectivity index (χ1n) is 8.18. The number of carbonyl (C=O) groups is 1. The minimum absolute atomic E-state index is 0.235. The van der Waals surface area contributed by atoms with Crippen LogP contribution in [0.4, 0.5) is 5.69 Å². The van der Waals surface area contributed by atoms with Gasteiger partial charge in [-0.25, -0.2) is 9.48 Å². The van der Waals surface area contributed by atoms with Crippen molar-refractivity contribution >= 4 is 11.6 Å². The number of rotatable bonds is 6. The topological polar surface area (TPSA) is 86.1 Å². The highest BCUT2D eigenvalue weighted by atomic mass is 16.5. The lowest BCUT2D eigenvalue weighted by Gasteiger charge is -2.11. The molecule has 1 heterocycles. The summed E-state index contributed by atoms with van der Waals surface area (Å²) < 4.78 is 6.48. The third-order valence-electron chi connectivity index (χ3n) is 3.58. The molecule has 0 radical (unpaired) electrons. The molecule has 0 aliphatic rings. The summed E-state index contributed by atoms with van der Waals surface area (Å²) in [6, 6.07) is 16.4. The van der Waals surface area contributed by atoms with E-state index < -0.39 is 5.69 Å². The van der Waals surface area contributed by atoms with E-state index in [-0.39, 0.29) is 12.5 Å². The van der Waals surface area contributed by atoms with Crippen LogP contribution in [0.5, 0.6) is 5.75 Å². The van der Waals surface area contributed by atoms with Gasteiger partial charge in [-0.3, -0.25) is 4.79 Å². The first-order valence-corrected chi connectivity index (χ1v) is 8.18. The van der Waals surface area contributed by atoms with E-state index in [1.807, 2.05) is 43.3 Å². The number of hydrogen-bond donors (Lipinski definition) is 1. The molecule has 2 aromatic carbocycles. The highest BCUT2D eigenvalue weighted by Gasteiger charge is 2.11. The summed E-state index contributed by atoms with van der Waals surface area (Å²) in [7, 11) is 0. The molecule has 0 fully saturated rings. The van der Waals surface area contributed by atoms with Crippen LogP contribution >= 0.6 is 0 Å². The minimum Gasteiger partial charge on any atom is -0.492 e. The lowest BCUT2D eigenvalue weighted by atomic mass is 10.2. The number of aromatic nitrogens is 3. The van der Waals surface area contributed by atoms with Crippen molar-refractivity contribution in [1.29, 1.82) is 0 Å². The Bertz CT molecular complexity index is 954. The van der Waals surface area contributed by atoms with E-state index in [4.69, 9.17) is 4.74 Å². The molecule has 1 amide bonds. The molecule has 0 unspecified atom stereocenters. The fourth-order valence-electron chi connectivity index (χ4n) is 2.40. The van der Waals surface area contributed by atoms with Crippen LogP contribution < -0.4 is 15.7 Å². The summed E-state index contributed by atoms with van der Waals surface area (Å²) in [4.78, 5) is 28.4. The van der Waals surface area contributed by atoms with E-state index in [9.17, 15) is 9.59 Å². The second-order valence-corrected chi connectivity index (χ2v) is 5.43. The third-order valence-corrected chi connectivity index (χ3v) is 3.58. The lowest BCUT2D eigenvalue weighted by molar-refractivity contribution is -0.117. The molecule has 26 heavy (non-hydrogen) atoms. The quantitative estimate of drug-likeness (QED) is 0.737. The number of nitrogens with zero attached hydrogens (tertiary/aromatic N) is 3. The number of hydrogen-bond acceptors (Lipinski definition) is 5. The predicted octanol–water partition coefficient (Wildman–Crippen LogP) is 2.34. The van der Waals surface area contributed by atoms with Gasteiger partial charge in [0.05, 0.1) is 24.2 Å². The fourth-order valence-corrected chi connectivity index (χ4v) is 2.40. The van der Waals surface area contributed by atoms with E-state index in [1.54, 1.807) is 18.2 Å². The van der Waals surface area contributed by atoms with Crippen LogP contribution in [0.2, 0.25) is 0 Å². The molecule has 7 heteroatoms. The van der Waals surface area contributed by atoms with Crippen LogP contribution in [0.25, 0.3) is 11.3 Å². The summed E-state index contributed by atoms with van der Waals surface area (Å²) in [6.45, 7) is 2.11. The Morgan fingerprint density at radius 3 is 2.58 bits per heavy atom. The maximum Gasteiger partial charge on any atom is 0.365 e. The van der Waals surface area contributed by atoms with E-state index in [1.165, 1.54) is 6.20 Å². The number of amides is 1. The van der Waals surface area contributed by atoms with Crippen molar-refractivity contribution in [3.05, 3.63) is 71.3 Å². The summed E-state index contributed by atoms with van der Waals surface area (Å²) in [5, 5.41) is 6.77. The normalized spacial score (nSPS) is 10.3. The number of anilines is 1. The Kier molecular flexibility index (Phi) is 5.38.